The molecule has 0 unspecified atom stereocenters. The molecule has 0 aliphatic heterocycles. The summed E-state index contributed by atoms with van der Waals surface area (Å²) >= 11 is 0. The molecular formula is C27H29N3O. The number of rotatable bonds is 5. The third-order valence-corrected chi connectivity index (χ3v) is 8.02. The molecule has 0 saturated heterocycles. The van der Waals surface area contributed by atoms with Crippen molar-refractivity contribution in [3.63, 3.8) is 0 Å². The summed E-state index contributed by atoms with van der Waals surface area (Å²) < 4.78 is 0. The zero-order valence-corrected chi connectivity index (χ0v) is 17.9. The third kappa shape index (κ3) is 3.52. The molecule has 1 amide bonds. The predicted octanol–water partition coefficient (Wildman–Crippen LogP) is 5.63. The van der Waals surface area contributed by atoms with Gasteiger partial charge in [0.05, 0.1) is 16.8 Å². The van der Waals surface area contributed by atoms with Gasteiger partial charge >= 0.3 is 0 Å². The van der Waals surface area contributed by atoms with E-state index in [0.29, 0.717) is 11.0 Å². The van der Waals surface area contributed by atoms with Crippen molar-refractivity contribution in [2.24, 2.45) is 23.2 Å². The molecule has 31 heavy (non-hydrogen) atoms. The van der Waals surface area contributed by atoms with Gasteiger partial charge in [-0.25, -0.2) is 4.98 Å². The van der Waals surface area contributed by atoms with Crippen molar-refractivity contribution in [2.45, 2.75) is 44.9 Å². The first kappa shape index (κ1) is 19.0. The van der Waals surface area contributed by atoms with Gasteiger partial charge in [0.1, 0.15) is 0 Å². The predicted molar refractivity (Wildman–Crippen MR) is 123 cm³/mol. The largest absolute Gasteiger partial charge is 0.352 e. The molecule has 4 aliphatic carbocycles. The van der Waals surface area contributed by atoms with Crippen molar-refractivity contribution in [2.75, 3.05) is 6.54 Å². The Morgan fingerprint density at radius 3 is 2.45 bits per heavy atom. The molecule has 1 N–H and O–H groups in total. The molecule has 0 atom stereocenters. The number of carbonyl (C=O) groups excluding carboxylic acids is 1. The second-order valence-corrected chi connectivity index (χ2v) is 10.2. The number of hydrogen-bond acceptors (Lipinski definition) is 3. The minimum atomic E-state index is 0.00784. The second kappa shape index (κ2) is 7.44. The molecule has 158 valence electrons. The molecule has 0 spiro atoms. The summed E-state index contributed by atoms with van der Waals surface area (Å²) in [5.41, 5.74) is 3.75. The molecule has 4 nitrogen and oxygen atoms in total. The zero-order chi connectivity index (χ0) is 20.8. The first-order valence-corrected chi connectivity index (χ1v) is 11.8. The van der Waals surface area contributed by atoms with Crippen LogP contribution in [-0.2, 0) is 0 Å². The van der Waals surface area contributed by atoms with E-state index in [9.17, 15) is 4.79 Å². The highest BCUT2D eigenvalue weighted by molar-refractivity contribution is 6.07. The maximum atomic E-state index is 13.3. The summed E-state index contributed by atoms with van der Waals surface area (Å²) in [7, 11) is 0. The van der Waals surface area contributed by atoms with Crippen LogP contribution >= 0.6 is 0 Å². The monoisotopic (exact) mass is 411 g/mol. The first-order valence-electron chi connectivity index (χ1n) is 11.8. The van der Waals surface area contributed by atoms with E-state index in [-0.39, 0.29) is 5.91 Å². The number of fused-ring (bicyclic) bond motifs is 1. The molecule has 4 bridgehead atoms. The number of benzene rings is 1. The molecule has 4 fully saturated rings. The van der Waals surface area contributed by atoms with E-state index in [1.165, 1.54) is 38.5 Å². The Labute approximate surface area is 183 Å². The number of hydrogen-bond donors (Lipinski definition) is 1. The highest BCUT2D eigenvalue weighted by Crippen LogP contribution is 2.61. The lowest BCUT2D eigenvalue weighted by Gasteiger charge is -2.57. The van der Waals surface area contributed by atoms with Crippen LogP contribution in [0.1, 0.15) is 55.3 Å². The van der Waals surface area contributed by atoms with Crippen LogP contribution in [0.4, 0.5) is 0 Å². The molecular weight excluding hydrogens is 382 g/mol. The van der Waals surface area contributed by atoms with E-state index in [0.717, 1.165) is 52.9 Å². The minimum absolute atomic E-state index is 0.00784. The average molecular weight is 412 g/mol. The number of aromatic nitrogens is 2. The van der Waals surface area contributed by atoms with Gasteiger partial charge in [0.2, 0.25) is 0 Å². The fourth-order valence-electron chi connectivity index (χ4n) is 7.16. The smallest absolute Gasteiger partial charge is 0.252 e. The van der Waals surface area contributed by atoms with Crippen molar-refractivity contribution in [3.05, 3.63) is 60.4 Å². The van der Waals surface area contributed by atoms with E-state index in [1.54, 1.807) is 12.4 Å². The number of para-hydroxylation sites is 1. The van der Waals surface area contributed by atoms with Crippen LogP contribution in [0.5, 0.6) is 0 Å². The van der Waals surface area contributed by atoms with E-state index in [1.807, 2.05) is 42.5 Å². The standard InChI is InChI=1S/C27H29N3O/c31-26(29-9-7-27-14-18-10-19(15-27)12-20(11-18)16-27)23-13-25(21-4-3-8-28-17-21)30-24-6-2-1-5-22(23)24/h1-6,8,13,17-20H,7,9-12,14-16H2,(H,29,31). The summed E-state index contributed by atoms with van der Waals surface area (Å²) in [6, 6.07) is 13.7. The minimum Gasteiger partial charge on any atom is -0.352 e. The number of amides is 1. The molecule has 3 aromatic rings. The highest BCUT2D eigenvalue weighted by atomic mass is 16.1. The number of nitrogens with zero attached hydrogens (tertiary/aromatic N) is 2. The van der Waals surface area contributed by atoms with Gasteiger partial charge in [-0.2, -0.15) is 0 Å². The molecule has 4 heteroatoms. The van der Waals surface area contributed by atoms with Crippen molar-refractivity contribution in [3.8, 4) is 11.3 Å². The lowest BCUT2D eigenvalue weighted by atomic mass is 9.49. The molecule has 4 saturated carbocycles. The zero-order valence-electron chi connectivity index (χ0n) is 17.9. The Morgan fingerprint density at radius 2 is 1.74 bits per heavy atom. The second-order valence-electron chi connectivity index (χ2n) is 10.2. The van der Waals surface area contributed by atoms with Gasteiger partial charge < -0.3 is 5.32 Å². The fraction of sp³-hybridized carbons (Fsp3) is 0.444. The van der Waals surface area contributed by atoms with E-state index < -0.39 is 0 Å². The third-order valence-electron chi connectivity index (χ3n) is 8.02. The first-order chi connectivity index (χ1) is 15.2. The van der Waals surface area contributed by atoms with Crippen molar-refractivity contribution in [1.82, 2.24) is 15.3 Å². The topological polar surface area (TPSA) is 54.9 Å². The van der Waals surface area contributed by atoms with Crippen LogP contribution in [0, 0.1) is 23.2 Å². The van der Waals surface area contributed by atoms with E-state index >= 15 is 0 Å². The molecule has 0 radical (unpaired) electrons. The SMILES string of the molecule is O=C(NCCC12CC3CC(CC(C3)C1)C2)c1cc(-c2cccnc2)nc2ccccc12. The van der Waals surface area contributed by atoms with Crippen LogP contribution in [-0.4, -0.2) is 22.4 Å². The van der Waals surface area contributed by atoms with Crippen LogP contribution in [0.25, 0.3) is 22.2 Å². The van der Waals surface area contributed by atoms with Crippen molar-refractivity contribution in [1.29, 1.82) is 0 Å². The molecule has 1 aromatic carbocycles. The number of carbonyl (C=O) groups is 1. The summed E-state index contributed by atoms with van der Waals surface area (Å²) in [4.78, 5) is 22.3. The average Bonchev–Trinajstić information content (AvgIpc) is 2.78. The summed E-state index contributed by atoms with van der Waals surface area (Å²) in [6.45, 7) is 0.768. The Bertz CT molecular complexity index is 1090. The van der Waals surface area contributed by atoms with Gasteiger partial charge in [-0.15, -0.1) is 0 Å². The summed E-state index contributed by atoms with van der Waals surface area (Å²) in [5.74, 6) is 2.86. The highest BCUT2D eigenvalue weighted by Gasteiger charge is 2.50. The van der Waals surface area contributed by atoms with Gasteiger partial charge in [-0.3, -0.25) is 9.78 Å². The van der Waals surface area contributed by atoms with Crippen LogP contribution in [0.3, 0.4) is 0 Å². The van der Waals surface area contributed by atoms with Crippen molar-refractivity contribution < 1.29 is 4.79 Å². The van der Waals surface area contributed by atoms with E-state index in [4.69, 9.17) is 4.98 Å². The van der Waals surface area contributed by atoms with Gasteiger partial charge in [0.25, 0.3) is 5.91 Å². The Hall–Kier alpha value is -2.75. The summed E-state index contributed by atoms with van der Waals surface area (Å²) in [5, 5.41) is 4.17. The van der Waals surface area contributed by atoms with Gasteiger partial charge in [0, 0.05) is 29.9 Å². The Balaban J connectivity index is 1.23. The van der Waals surface area contributed by atoms with E-state index in [2.05, 4.69) is 10.3 Å². The quantitative estimate of drug-likeness (QED) is 0.592. The van der Waals surface area contributed by atoms with Crippen LogP contribution < -0.4 is 5.32 Å². The number of nitrogens with one attached hydrogen (secondary N) is 1. The Kier molecular flexibility index (Phi) is 4.55. The molecule has 2 aromatic heterocycles. The maximum absolute atomic E-state index is 13.3. The lowest BCUT2D eigenvalue weighted by molar-refractivity contribution is -0.0564. The van der Waals surface area contributed by atoms with Crippen molar-refractivity contribution >= 4 is 16.8 Å². The molecule has 7 rings (SSSR count). The van der Waals surface area contributed by atoms with Crippen LogP contribution in [0.2, 0.25) is 0 Å². The molecule has 4 aliphatic rings. The summed E-state index contributed by atoms with van der Waals surface area (Å²) in [6.07, 6.45) is 13.2. The normalized spacial score (nSPS) is 28.7. The lowest BCUT2D eigenvalue weighted by Crippen LogP contribution is -2.47. The maximum Gasteiger partial charge on any atom is 0.252 e. The van der Waals surface area contributed by atoms with Gasteiger partial charge in [0.15, 0.2) is 0 Å². The number of pyridine rings is 2. The Morgan fingerprint density at radius 1 is 1.00 bits per heavy atom. The van der Waals surface area contributed by atoms with Gasteiger partial charge in [-0.1, -0.05) is 18.2 Å². The fourth-order valence-corrected chi connectivity index (χ4v) is 7.16. The van der Waals surface area contributed by atoms with Gasteiger partial charge in [-0.05, 0) is 92.4 Å². The molecule has 2 heterocycles. The van der Waals surface area contributed by atoms with Crippen LogP contribution in [0.15, 0.2) is 54.9 Å².